The van der Waals surface area contributed by atoms with Crippen LogP contribution in [0, 0.1) is 0 Å². The van der Waals surface area contributed by atoms with Gasteiger partial charge < -0.3 is 10.1 Å². The number of fused-ring (bicyclic) bond motifs is 1. The number of nitrogens with zero attached hydrogens (tertiary/aromatic N) is 3. The first-order valence-corrected chi connectivity index (χ1v) is 8.06. The van der Waals surface area contributed by atoms with Crippen molar-refractivity contribution in [2.24, 2.45) is 0 Å². The molecule has 2 aromatic rings. The van der Waals surface area contributed by atoms with Crippen LogP contribution < -0.4 is 15.0 Å². The van der Waals surface area contributed by atoms with Crippen LogP contribution in [0.4, 0.5) is 10.9 Å². The maximum absolute atomic E-state index is 12.2. The number of rotatable bonds is 4. The molecule has 3 heterocycles. The number of hydrogen-bond donors (Lipinski definition) is 1. The molecular weight excluding hydrogens is 316 g/mol. The first-order valence-electron chi connectivity index (χ1n) is 7.18. The molecule has 0 atom stereocenters. The third kappa shape index (κ3) is 3.31. The average Bonchev–Trinajstić information content (AvgIpc) is 2.99. The third-order valence-corrected chi connectivity index (χ3v) is 4.10. The Morgan fingerprint density at radius 3 is 3.09 bits per heavy atom. The first kappa shape index (κ1) is 15.4. The van der Waals surface area contributed by atoms with E-state index in [-0.39, 0.29) is 25.0 Å². The van der Waals surface area contributed by atoms with Gasteiger partial charge >= 0.3 is 0 Å². The van der Waals surface area contributed by atoms with Gasteiger partial charge in [0.1, 0.15) is 6.54 Å². The quantitative estimate of drug-likeness (QED) is 0.926. The highest BCUT2D eigenvalue weighted by Crippen LogP contribution is 2.29. The van der Waals surface area contributed by atoms with E-state index in [1.807, 2.05) is 19.2 Å². The molecule has 0 saturated heterocycles. The van der Waals surface area contributed by atoms with E-state index in [9.17, 15) is 9.59 Å². The lowest BCUT2D eigenvalue weighted by Gasteiger charge is -2.27. The fraction of sp³-hybridized carbons (Fsp3) is 0.333. The standard InChI is InChI=1S/C15H16N4O3S/c1-9(2)10-8-23-15(17-10)18-12(20)6-19-13(21)7-22-11-4-3-5-16-14(11)19/h3-5,8-9H,6-7H2,1-2H3,(H,17,18,20). The van der Waals surface area contributed by atoms with Crippen molar-refractivity contribution in [3.8, 4) is 5.75 Å². The van der Waals surface area contributed by atoms with Gasteiger partial charge in [0, 0.05) is 11.6 Å². The van der Waals surface area contributed by atoms with Crippen molar-refractivity contribution in [2.75, 3.05) is 23.4 Å². The molecule has 0 aliphatic carbocycles. The van der Waals surface area contributed by atoms with Crippen molar-refractivity contribution in [1.82, 2.24) is 9.97 Å². The predicted molar refractivity (Wildman–Crippen MR) is 86.9 cm³/mol. The van der Waals surface area contributed by atoms with E-state index in [1.165, 1.54) is 16.2 Å². The minimum Gasteiger partial charge on any atom is -0.480 e. The van der Waals surface area contributed by atoms with Crippen molar-refractivity contribution in [2.45, 2.75) is 19.8 Å². The van der Waals surface area contributed by atoms with Crippen LogP contribution in [0.15, 0.2) is 23.7 Å². The molecule has 0 fully saturated rings. The predicted octanol–water partition coefficient (Wildman–Crippen LogP) is 2.03. The molecule has 0 unspecified atom stereocenters. The molecule has 0 aromatic carbocycles. The molecule has 120 valence electrons. The highest BCUT2D eigenvalue weighted by Gasteiger charge is 2.28. The summed E-state index contributed by atoms with van der Waals surface area (Å²) in [5.41, 5.74) is 0.930. The highest BCUT2D eigenvalue weighted by molar-refractivity contribution is 7.13. The molecule has 23 heavy (non-hydrogen) atoms. The normalized spacial score (nSPS) is 13.7. The van der Waals surface area contributed by atoms with Gasteiger partial charge in [-0.1, -0.05) is 13.8 Å². The summed E-state index contributed by atoms with van der Waals surface area (Å²) in [4.78, 5) is 34.0. The zero-order chi connectivity index (χ0) is 16.4. The number of carbonyl (C=O) groups excluding carboxylic acids is 2. The Morgan fingerprint density at radius 2 is 2.35 bits per heavy atom. The van der Waals surface area contributed by atoms with Crippen molar-refractivity contribution in [1.29, 1.82) is 0 Å². The maximum Gasteiger partial charge on any atom is 0.266 e. The van der Waals surface area contributed by atoms with Crippen LogP contribution in [0.2, 0.25) is 0 Å². The summed E-state index contributed by atoms with van der Waals surface area (Å²) in [6, 6.07) is 3.44. The number of nitrogens with one attached hydrogen (secondary N) is 1. The molecule has 1 aliphatic heterocycles. The maximum atomic E-state index is 12.2. The highest BCUT2D eigenvalue weighted by atomic mass is 32.1. The van der Waals surface area contributed by atoms with Crippen LogP contribution in [-0.4, -0.2) is 34.9 Å². The summed E-state index contributed by atoms with van der Waals surface area (Å²) in [6.45, 7) is 3.86. The zero-order valence-electron chi connectivity index (χ0n) is 12.8. The Kier molecular flexibility index (Phi) is 4.24. The molecular formula is C15H16N4O3S. The van der Waals surface area contributed by atoms with Crippen LogP contribution >= 0.6 is 11.3 Å². The number of thiazole rings is 1. The van der Waals surface area contributed by atoms with Crippen LogP contribution in [0.25, 0.3) is 0 Å². The fourth-order valence-corrected chi connectivity index (χ4v) is 3.00. The lowest BCUT2D eigenvalue weighted by Crippen LogP contribution is -2.43. The number of carbonyl (C=O) groups is 2. The second kappa shape index (κ2) is 6.33. The van der Waals surface area contributed by atoms with Gasteiger partial charge in [-0.3, -0.25) is 14.5 Å². The van der Waals surface area contributed by atoms with E-state index in [0.29, 0.717) is 22.6 Å². The Hall–Kier alpha value is -2.48. The Labute approximate surface area is 137 Å². The van der Waals surface area contributed by atoms with E-state index in [4.69, 9.17) is 4.74 Å². The van der Waals surface area contributed by atoms with Gasteiger partial charge in [-0.25, -0.2) is 9.97 Å². The monoisotopic (exact) mass is 332 g/mol. The molecule has 0 bridgehead atoms. The number of ether oxygens (including phenoxy) is 1. The van der Waals surface area contributed by atoms with Gasteiger partial charge in [0.05, 0.1) is 5.69 Å². The lowest BCUT2D eigenvalue weighted by molar-refractivity contribution is -0.123. The third-order valence-electron chi connectivity index (χ3n) is 3.32. The summed E-state index contributed by atoms with van der Waals surface area (Å²) >= 11 is 1.37. The molecule has 1 aliphatic rings. The van der Waals surface area contributed by atoms with E-state index in [2.05, 4.69) is 15.3 Å². The van der Waals surface area contributed by atoms with Gasteiger partial charge in [0.15, 0.2) is 23.3 Å². The van der Waals surface area contributed by atoms with E-state index in [0.717, 1.165) is 5.69 Å². The summed E-state index contributed by atoms with van der Waals surface area (Å²) in [7, 11) is 0. The van der Waals surface area contributed by atoms with Gasteiger partial charge in [0.25, 0.3) is 5.91 Å². The molecule has 8 heteroatoms. The van der Waals surface area contributed by atoms with Crippen LogP contribution in [-0.2, 0) is 9.59 Å². The topological polar surface area (TPSA) is 84.4 Å². The molecule has 2 amide bonds. The fourth-order valence-electron chi connectivity index (χ4n) is 2.11. The van der Waals surface area contributed by atoms with E-state index >= 15 is 0 Å². The van der Waals surface area contributed by atoms with Crippen LogP contribution in [0.5, 0.6) is 5.75 Å². The van der Waals surface area contributed by atoms with Gasteiger partial charge in [-0.05, 0) is 18.1 Å². The summed E-state index contributed by atoms with van der Waals surface area (Å²) < 4.78 is 5.30. The number of amides is 2. The molecule has 0 radical (unpaired) electrons. The molecule has 0 spiro atoms. The molecule has 3 rings (SSSR count). The minimum absolute atomic E-state index is 0.0965. The molecule has 1 N–H and O–H groups in total. The van der Waals surface area contributed by atoms with Gasteiger partial charge in [-0.2, -0.15) is 0 Å². The lowest BCUT2D eigenvalue weighted by atomic mass is 10.2. The Bertz CT molecular complexity index is 744. The van der Waals surface area contributed by atoms with Gasteiger partial charge in [-0.15, -0.1) is 11.3 Å². The first-order chi connectivity index (χ1) is 11.0. The number of aromatic nitrogens is 2. The van der Waals surface area contributed by atoms with Crippen molar-refractivity contribution in [3.63, 3.8) is 0 Å². The van der Waals surface area contributed by atoms with Crippen molar-refractivity contribution in [3.05, 3.63) is 29.4 Å². The zero-order valence-corrected chi connectivity index (χ0v) is 13.6. The van der Waals surface area contributed by atoms with Crippen LogP contribution in [0.1, 0.15) is 25.5 Å². The van der Waals surface area contributed by atoms with Gasteiger partial charge in [0.2, 0.25) is 5.91 Å². The summed E-state index contributed by atoms with van der Waals surface area (Å²) in [5.74, 6) is 0.542. The smallest absolute Gasteiger partial charge is 0.266 e. The van der Waals surface area contributed by atoms with E-state index in [1.54, 1.807) is 18.3 Å². The van der Waals surface area contributed by atoms with E-state index < -0.39 is 0 Å². The average molecular weight is 332 g/mol. The van der Waals surface area contributed by atoms with Crippen molar-refractivity contribution >= 4 is 34.1 Å². The van der Waals surface area contributed by atoms with Crippen LogP contribution in [0.3, 0.4) is 0 Å². The molecule has 2 aromatic heterocycles. The Morgan fingerprint density at radius 1 is 1.52 bits per heavy atom. The number of pyridine rings is 1. The van der Waals surface area contributed by atoms with Crippen molar-refractivity contribution < 1.29 is 14.3 Å². The molecule has 0 saturated carbocycles. The minimum atomic E-state index is -0.318. The second-order valence-corrected chi connectivity index (χ2v) is 6.23. The molecule has 7 nitrogen and oxygen atoms in total. The summed E-state index contributed by atoms with van der Waals surface area (Å²) in [5, 5.41) is 5.16. The SMILES string of the molecule is CC(C)c1csc(NC(=O)CN2C(=O)COc3cccnc32)n1. The number of hydrogen-bond acceptors (Lipinski definition) is 6. The largest absolute Gasteiger partial charge is 0.480 e. The number of anilines is 2. The summed E-state index contributed by atoms with van der Waals surface area (Å²) in [6.07, 6.45) is 1.56. The Balaban J connectivity index is 1.71. The second-order valence-electron chi connectivity index (χ2n) is 5.37.